The van der Waals surface area contributed by atoms with Crippen LogP contribution in [0.1, 0.15) is 28.2 Å². The quantitative estimate of drug-likeness (QED) is 0.282. The van der Waals surface area contributed by atoms with E-state index in [4.69, 9.17) is 16.3 Å². The van der Waals surface area contributed by atoms with Gasteiger partial charge in [-0.25, -0.2) is 9.59 Å². The van der Waals surface area contributed by atoms with Crippen molar-refractivity contribution in [3.63, 3.8) is 0 Å². The maximum atomic E-state index is 12.5. The molecule has 1 aliphatic carbocycles. The van der Waals surface area contributed by atoms with Gasteiger partial charge in [-0.1, -0.05) is 94.9 Å². The Balaban J connectivity index is 1.43. The van der Waals surface area contributed by atoms with E-state index >= 15 is 0 Å². The maximum Gasteiger partial charge on any atom is 0.407 e. The molecule has 0 aliphatic heterocycles. The van der Waals surface area contributed by atoms with Gasteiger partial charge in [0.25, 0.3) is 0 Å². The summed E-state index contributed by atoms with van der Waals surface area (Å²) in [5.74, 6) is -1.21. The Morgan fingerprint density at radius 3 is 2.25 bits per heavy atom. The van der Waals surface area contributed by atoms with Crippen LogP contribution in [0.5, 0.6) is 0 Å². The average molecular weight is 562 g/mol. The zero-order valence-corrected chi connectivity index (χ0v) is 20.0. The number of amides is 1. The van der Waals surface area contributed by atoms with Gasteiger partial charge >= 0.3 is 12.1 Å². The predicted molar refractivity (Wildman–Crippen MR) is 133 cm³/mol. The third-order valence-electron chi connectivity index (χ3n) is 5.63. The summed E-state index contributed by atoms with van der Waals surface area (Å²) in [5.41, 5.74) is 6.18. The third kappa shape index (κ3) is 4.76. The molecule has 2 N–H and O–H groups in total. The van der Waals surface area contributed by atoms with Gasteiger partial charge in [0.2, 0.25) is 0 Å². The molecule has 5 nitrogen and oxygen atoms in total. The standard InChI is InChI=1S/C25H21ClINO4/c26-22-10-9-15(11-16(22)13-27)12-23(24(29)30)28-25(31)32-14-21-19-7-3-1-5-17(19)18-6-2-4-8-20(18)21/h1-11,21,23H,12-14H2,(H,28,31)(H,29,30)/t23-/m1/s1. The summed E-state index contributed by atoms with van der Waals surface area (Å²) in [4.78, 5) is 24.2. The Bertz CT molecular complexity index is 1120. The molecule has 0 bridgehead atoms. The Morgan fingerprint density at radius 1 is 1.03 bits per heavy atom. The van der Waals surface area contributed by atoms with Crippen LogP contribution in [0.2, 0.25) is 5.02 Å². The molecule has 7 heteroatoms. The molecule has 1 aliphatic rings. The highest BCUT2D eigenvalue weighted by Crippen LogP contribution is 2.44. The van der Waals surface area contributed by atoms with E-state index in [0.29, 0.717) is 9.45 Å². The number of aliphatic carboxylic acids is 1. The molecule has 1 atom stereocenters. The van der Waals surface area contributed by atoms with Crippen LogP contribution in [0, 0.1) is 0 Å². The topological polar surface area (TPSA) is 75.6 Å². The van der Waals surface area contributed by atoms with Gasteiger partial charge < -0.3 is 15.2 Å². The number of carboxylic acid groups (broad SMARTS) is 1. The van der Waals surface area contributed by atoms with Crippen molar-refractivity contribution in [1.29, 1.82) is 0 Å². The van der Waals surface area contributed by atoms with E-state index in [1.807, 2.05) is 42.5 Å². The maximum absolute atomic E-state index is 12.5. The van der Waals surface area contributed by atoms with Crippen LogP contribution in [0.3, 0.4) is 0 Å². The number of carboxylic acids is 1. The Labute approximate surface area is 204 Å². The summed E-state index contributed by atoms with van der Waals surface area (Å²) >= 11 is 8.35. The number of carbonyl (C=O) groups is 2. The molecule has 0 unspecified atom stereocenters. The van der Waals surface area contributed by atoms with Crippen molar-refractivity contribution in [2.45, 2.75) is 22.8 Å². The van der Waals surface area contributed by atoms with Gasteiger partial charge in [0, 0.05) is 21.8 Å². The van der Waals surface area contributed by atoms with Crippen LogP contribution in [-0.4, -0.2) is 29.8 Å². The van der Waals surface area contributed by atoms with Gasteiger partial charge in [-0.3, -0.25) is 0 Å². The summed E-state index contributed by atoms with van der Waals surface area (Å²) in [6.07, 6.45) is -0.609. The van der Waals surface area contributed by atoms with Crippen molar-refractivity contribution in [3.8, 4) is 11.1 Å². The van der Waals surface area contributed by atoms with Crippen LogP contribution in [-0.2, 0) is 20.4 Å². The number of hydrogen-bond acceptors (Lipinski definition) is 3. The first-order valence-corrected chi connectivity index (χ1v) is 12.1. The summed E-state index contributed by atoms with van der Waals surface area (Å²) in [6.45, 7) is 0.131. The fraction of sp³-hybridized carbons (Fsp3) is 0.200. The molecule has 1 amide bonds. The first-order valence-electron chi connectivity index (χ1n) is 10.2. The zero-order chi connectivity index (χ0) is 22.7. The van der Waals surface area contributed by atoms with E-state index in [2.05, 4.69) is 40.0 Å². The SMILES string of the molecule is O=C(N[C@H](Cc1ccc(Cl)c(CI)c1)C(=O)O)OCC1c2ccccc2-c2ccccc21. The number of carbonyl (C=O) groups excluding carboxylic acids is 1. The highest BCUT2D eigenvalue weighted by atomic mass is 127. The molecule has 0 spiro atoms. The lowest BCUT2D eigenvalue weighted by Gasteiger charge is -2.18. The average Bonchev–Trinajstić information content (AvgIpc) is 3.12. The number of alkyl halides is 1. The second-order valence-electron chi connectivity index (χ2n) is 7.62. The molecule has 0 heterocycles. The van der Waals surface area contributed by atoms with Crippen LogP contribution < -0.4 is 5.32 Å². The minimum atomic E-state index is -1.12. The van der Waals surface area contributed by atoms with Crippen molar-refractivity contribution in [2.24, 2.45) is 0 Å². The molecule has 0 saturated carbocycles. The fourth-order valence-electron chi connectivity index (χ4n) is 4.08. The van der Waals surface area contributed by atoms with Crippen LogP contribution in [0.15, 0.2) is 66.7 Å². The Morgan fingerprint density at radius 2 is 1.66 bits per heavy atom. The number of nitrogens with one attached hydrogen (secondary N) is 1. The van der Waals surface area contributed by atoms with E-state index in [1.54, 1.807) is 12.1 Å². The van der Waals surface area contributed by atoms with Gasteiger partial charge in [-0.2, -0.15) is 0 Å². The first kappa shape index (κ1) is 22.6. The summed E-state index contributed by atoms with van der Waals surface area (Å²) in [6, 6.07) is 20.4. The van der Waals surface area contributed by atoms with Gasteiger partial charge in [0.05, 0.1) is 0 Å². The molecule has 0 aromatic heterocycles. The van der Waals surface area contributed by atoms with Gasteiger partial charge in [0.15, 0.2) is 0 Å². The molecule has 0 radical (unpaired) electrons. The second-order valence-corrected chi connectivity index (χ2v) is 8.79. The first-order chi connectivity index (χ1) is 15.5. The Hall–Kier alpha value is -2.58. The Kier molecular flexibility index (Phi) is 7.01. The summed E-state index contributed by atoms with van der Waals surface area (Å²) in [5, 5.41) is 12.7. The van der Waals surface area contributed by atoms with Gasteiger partial charge in [0.1, 0.15) is 12.6 Å². The van der Waals surface area contributed by atoms with Crippen molar-refractivity contribution in [1.82, 2.24) is 5.32 Å². The lowest BCUT2D eigenvalue weighted by molar-refractivity contribution is -0.139. The molecule has 0 fully saturated rings. The lowest BCUT2D eigenvalue weighted by Crippen LogP contribution is -2.42. The van der Waals surface area contributed by atoms with Gasteiger partial charge in [-0.15, -0.1) is 0 Å². The second kappa shape index (κ2) is 9.92. The monoisotopic (exact) mass is 561 g/mol. The normalized spacial score (nSPS) is 13.2. The van der Waals surface area contributed by atoms with E-state index in [1.165, 1.54) is 0 Å². The van der Waals surface area contributed by atoms with Crippen molar-refractivity contribution >= 4 is 46.3 Å². The fourth-order valence-corrected chi connectivity index (χ4v) is 5.12. The number of halogens is 2. The molecular formula is C25H21ClINO4. The molecule has 4 rings (SSSR count). The third-order valence-corrected chi connectivity index (χ3v) is 6.82. The van der Waals surface area contributed by atoms with E-state index < -0.39 is 18.1 Å². The number of benzene rings is 3. The lowest BCUT2D eigenvalue weighted by atomic mass is 9.98. The number of rotatable bonds is 7. The molecule has 3 aromatic carbocycles. The molecule has 32 heavy (non-hydrogen) atoms. The van der Waals surface area contributed by atoms with Crippen LogP contribution in [0.4, 0.5) is 4.79 Å². The van der Waals surface area contributed by atoms with E-state index in [9.17, 15) is 14.7 Å². The number of hydrogen-bond donors (Lipinski definition) is 2. The minimum Gasteiger partial charge on any atom is -0.480 e. The summed E-state index contributed by atoms with van der Waals surface area (Å²) < 4.78 is 6.20. The number of ether oxygens (including phenoxy) is 1. The molecule has 3 aromatic rings. The highest BCUT2D eigenvalue weighted by Gasteiger charge is 2.29. The number of fused-ring (bicyclic) bond motifs is 3. The van der Waals surface area contributed by atoms with Crippen molar-refractivity contribution in [2.75, 3.05) is 6.61 Å². The predicted octanol–water partition coefficient (Wildman–Crippen LogP) is 5.81. The van der Waals surface area contributed by atoms with E-state index in [0.717, 1.165) is 33.4 Å². The highest BCUT2D eigenvalue weighted by molar-refractivity contribution is 14.1. The van der Waals surface area contributed by atoms with Crippen LogP contribution in [0.25, 0.3) is 11.1 Å². The molecule has 164 valence electrons. The largest absolute Gasteiger partial charge is 0.480 e. The smallest absolute Gasteiger partial charge is 0.407 e. The van der Waals surface area contributed by atoms with Crippen molar-refractivity contribution in [3.05, 3.63) is 94.0 Å². The van der Waals surface area contributed by atoms with E-state index in [-0.39, 0.29) is 18.9 Å². The minimum absolute atomic E-state index is 0.0843. The molecule has 0 saturated heterocycles. The molecular weight excluding hydrogens is 541 g/mol. The van der Waals surface area contributed by atoms with Gasteiger partial charge in [-0.05, 0) is 39.4 Å². The van der Waals surface area contributed by atoms with Crippen LogP contribution >= 0.6 is 34.2 Å². The number of alkyl carbamates (subject to hydrolysis) is 1. The summed E-state index contributed by atoms with van der Waals surface area (Å²) in [7, 11) is 0. The van der Waals surface area contributed by atoms with Crippen molar-refractivity contribution < 1.29 is 19.4 Å². The zero-order valence-electron chi connectivity index (χ0n) is 17.1.